The molecule has 1 aromatic rings. The molecule has 20 heavy (non-hydrogen) atoms. The molecular weight excluding hydrogens is 254 g/mol. The Hall–Kier alpha value is -1.56. The van der Waals surface area contributed by atoms with Crippen LogP contribution in [-0.2, 0) is 0 Å². The van der Waals surface area contributed by atoms with Gasteiger partial charge in [0.1, 0.15) is 6.33 Å². The number of hydrogen-bond donors (Lipinski definition) is 1. The first kappa shape index (κ1) is 14.8. The first-order chi connectivity index (χ1) is 9.67. The molecule has 1 aliphatic heterocycles. The average Bonchev–Trinajstić information content (AvgIpc) is 2.47. The Labute approximate surface area is 121 Å². The van der Waals surface area contributed by atoms with Crippen molar-refractivity contribution in [1.29, 1.82) is 0 Å². The quantitative estimate of drug-likeness (QED) is 0.880. The number of hydrogen-bond acceptors (Lipinski definition) is 6. The Morgan fingerprint density at radius 1 is 1.25 bits per heavy atom. The van der Waals surface area contributed by atoms with Crippen LogP contribution in [0.2, 0.25) is 0 Å². The zero-order valence-electron chi connectivity index (χ0n) is 12.9. The molecule has 2 rings (SSSR count). The van der Waals surface area contributed by atoms with Crippen LogP contribution in [0.25, 0.3) is 0 Å². The van der Waals surface area contributed by atoms with E-state index in [2.05, 4.69) is 38.9 Å². The minimum absolute atomic E-state index is 0.599. The van der Waals surface area contributed by atoms with Crippen LogP contribution in [0.4, 0.5) is 11.6 Å². The smallest absolute Gasteiger partial charge is 0.204 e. The highest BCUT2D eigenvalue weighted by Crippen LogP contribution is 2.32. The Kier molecular flexibility index (Phi) is 5.00. The van der Waals surface area contributed by atoms with E-state index in [9.17, 15) is 0 Å². The van der Waals surface area contributed by atoms with E-state index in [0.717, 1.165) is 50.1 Å². The monoisotopic (exact) mass is 279 g/mol. The van der Waals surface area contributed by atoms with Crippen molar-refractivity contribution < 1.29 is 4.74 Å². The molecule has 0 saturated carbocycles. The lowest BCUT2D eigenvalue weighted by Crippen LogP contribution is -2.49. The largest absolute Gasteiger partial charge is 0.490 e. The predicted molar refractivity (Wildman–Crippen MR) is 81.7 cm³/mol. The van der Waals surface area contributed by atoms with Crippen molar-refractivity contribution >= 4 is 11.6 Å². The summed E-state index contributed by atoms with van der Waals surface area (Å²) < 4.78 is 5.51. The van der Waals surface area contributed by atoms with Crippen LogP contribution in [0.3, 0.4) is 0 Å². The van der Waals surface area contributed by atoms with E-state index in [1.165, 1.54) is 0 Å². The number of anilines is 2. The molecule has 112 valence electrons. The third-order valence-electron chi connectivity index (χ3n) is 3.68. The normalized spacial score (nSPS) is 16.6. The van der Waals surface area contributed by atoms with Crippen molar-refractivity contribution in [1.82, 2.24) is 14.9 Å². The molecule has 1 N–H and O–H groups in total. The maximum absolute atomic E-state index is 5.51. The van der Waals surface area contributed by atoms with Crippen LogP contribution >= 0.6 is 0 Å². The predicted octanol–water partition coefficient (Wildman–Crippen LogP) is 1.45. The summed E-state index contributed by atoms with van der Waals surface area (Å²) in [6, 6.07) is 0.599. The standard InChI is InChI=1S/C14H25N5O/c1-5-15-13-12(20-4)14(17-10-16-13)19-8-6-18(7-9-19)11(2)3/h10-11H,5-9H2,1-4H3,(H,15,16,17). The molecule has 1 fully saturated rings. The first-order valence-electron chi connectivity index (χ1n) is 7.29. The molecule has 1 saturated heterocycles. The maximum atomic E-state index is 5.51. The number of nitrogens with one attached hydrogen (secondary N) is 1. The summed E-state index contributed by atoms with van der Waals surface area (Å²) in [6.07, 6.45) is 1.60. The van der Waals surface area contributed by atoms with Gasteiger partial charge in [-0.3, -0.25) is 4.90 Å². The molecule has 6 nitrogen and oxygen atoms in total. The van der Waals surface area contributed by atoms with Gasteiger partial charge in [0.25, 0.3) is 0 Å². The lowest BCUT2D eigenvalue weighted by molar-refractivity contribution is 0.208. The minimum Gasteiger partial charge on any atom is -0.490 e. The van der Waals surface area contributed by atoms with Gasteiger partial charge in [-0.25, -0.2) is 9.97 Å². The molecule has 1 aromatic heterocycles. The molecule has 0 aromatic carbocycles. The van der Waals surface area contributed by atoms with E-state index < -0.39 is 0 Å². The second-order valence-electron chi connectivity index (χ2n) is 5.23. The van der Waals surface area contributed by atoms with Gasteiger partial charge in [0, 0.05) is 38.8 Å². The zero-order valence-corrected chi connectivity index (χ0v) is 12.9. The van der Waals surface area contributed by atoms with Gasteiger partial charge in [-0.2, -0.15) is 0 Å². The number of rotatable bonds is 5. The Balaban J connectivity index is 2.15. The molecule has 0 bridgehead atoms. The summed E-state index contributed by atoms with van der Waals surface area (Å²) in [5.41, 5.74) is 0. The summed E-state index contributed by atoms with van der Waals surface area (Å²) in [4.78, 5) is 13.4. The van der Waals surface area contributed by atoms with Crippen molar-refractivity contribution in [2.75, 3.05) is 50.1 Å². The molecule has 0 unspecified atom stereocenters. The van der Waals surface area contributed by atoms with Gasteiger partial charge in [0.15, 0.2) is 11.6 Å². The van der Waals surface area contributed by atoms with E-state index in [0.29, 0.717) is 6.04 Å². The fourth-order valence-electron chi connectivity index (χ4n) is 2.52. The summed E-state index contributed by atoms with van der Waals surface area (Å²) in [7, 11) is 1.67. The van der Waals surface area contributed by atoms with Gasteiger partial charge in [-0.15, -0.1) is 0 Å². The SMILES string of the molecule is CCNc1ncnc(N2CCN(C(C)C)CC2)c1OC. The van der Waals surface area contributed by atoms with E-state index >= 15 is 0 Å². The van der Waals surface area contributed by atoms with Gasteiger partial charge < -0.3 is 15.0 Å². The van der Waals surface area contributed by atoms with Gasteiger partial charge in [0.05, 0.1) is 7.11 Å². The van der Waals surface area contributed by atoms with Gasteiger partial charge in [-0.1, -0.05) is 0 Å². The number of ether oxygens (including phenoxy) is 1. The first-order valence-corrected chi connectivity index (χ1v) is 7.29. The molecule has 0 atom stereocenters. The Morgan fingerprint density at radius 3 is 2.50 bits per heavy atom. The maximum Gasteiger partial charge on any atom is 0.204 e. The summed E-state index contributed by atoms with van der Waals surface area (Å²) in [6.45, 7) is 11.4. The minimum atomic E-state index is 0.599. The molecule has 2 heterocycles. The van der Waals surface area contributed by atoms with Crippen molar-refractivity contribution in [3.63, 3.8) is 0 Å². The van der Waals surface area contributed by atoms with Gasteiger partial charge in [0.2, 0.25) is 5.75 Å². The van der Waals surface area contributed by atoms with Crippen LogP contribution in [0.1, 0.15) is 20.8 Å². The van der Waals surface area contributed by atoms with Crippen LogP contribution in [-0.4, -0.2) is 60.7 Å². The molecular formula is C14H25N5O. The summed E-state index contributed by atoms with van der Waals surface area (Å²) >= 11 is 0. The molecule has 6 heteroatoms. The van der Waals surface area contributed by atoms with E-state index in [4.69, 9.17) is 4.74 Å². The summed E-state index contributed by atoms with van der Waals surface area (Å²) in [5.74, 6) is 2.40. The van der Waals surface area contributed by atoms with E-state index in [-0.39, 0.29) is 0 Å². The van der Waals surface area contributed by atoms with Crippen LogP contribution in [0.5, 0.6) is 5.75 Å². The topological polar surface area (TPSA) is 53.5 Å². The lowest BCUT2D eigenvalue weighted by Gasteiger charge is -2.37. The summed E-state index contributed by atoms with van der Waals surface area (Å²) in [5, 5.41) is 3.22. The number of piperazine rings is 1. The highest BCUT2D eigenvalue weighted by Gasteiger charge is 2.23. The second-order valence-corrected chi connectivity index (χ2v) is 5.23. The molecule has 0 aliphatic carbocycles. The van der Waals surface area contributed by atoms with Crippen molar-refractivity contribution in [2.45, 2.75) is 26.8 Å². The third kappa shape index (κ3) is 3.12. The fraction of sp³-hybridized carbons (Fsp3) is 0.714. The van der Waals surface area contributed by atoms with Gasteiger partial charge in [-0.05, 0) is 20.8 Å². The highest BCUT2D eigenvalue weighted by molar-refractivity contribution is 5.64. The number of aromatic nitrogens is 2. The highest BCUT2D eigenvalue weighted by atomic mass is 16.5. The Bertz CT molecular complexity index is 430. The van der Waals surface area contributed by atoms with Crippen molar-refractivity contribution in [2.24, 2.45) is 0 Å². The van der Waals surface area contributed by atoms with E-state index in [1.54, 1.807) is 13.4 Å². The third-order valence-corrected chi connectivity index (χ3v) is 3.68. The molecule has 0 amide bonds. The van der Waals surface area contributed by atoms with Crippen molar-refractivity contribution in [3.8, 4) is 5.75 Å². The molecule has 1 aliphatic rings. The second kappa shape index (κ2) is 6.74. The fourth-order valence-corrected chi connectivity index (χ4v) is 2.52. The van der Waals surface area contributed by atoms with Crippen LogP contribution in [0, 0.1) is 0 Å². The number of nitrogens with zero attached hydrogens (tertiary/aromatic N) is 4. The van der Waals surface area contributed by atoms with Crippen molar-refractivity contribution in [3.05, 3.63) is 6.33 Å². The van der Waals surface area contributed by atoms with E-state index in [1.807, 2.05) is 6.92 Å². The molecule has 0 radical (unpaired) electrons. The van der Waals surface area contributed by atoms with Crippen LogP contribution in [0.15, 0.2) is 6.33 Å². The average molecular weight is 279 g/mol. The van der Waals surface area contributed by atoms with Gasteiger partial charge >= 0.3 is 0 Å². The van der Waals surface area contributed by atoms with Crippen LogP contribution < -0.4 is 15.0 Å². The Morgan fingerprint density at radius 2 is 1.95 bits per heavy atom. The zero-order chi connectivity index (χ0) is 14.5. The molecule has 0 spiro atoms. The lowest BCUT2D eigenvalue weighted by atomic mass is 10.2. The number of methoxy groups -OCH3 is 1.